The summed E-state index contributed by atoms with van der Waals surface area (Å²) in [6, 6.07) is 13.0. The maximum absolute atomic E-state index is 6.39. The van der Waals surface area contributed by atoms with Gasteiger partial charge in [0.05, 0.1) is 16.4 Å². The third kappa shape index (κ3) is 3.20. The molecule has 24 heavy (non-hydrogen) atoms. The Balaban J connectivity index is 2.28. The number of aromatic nitrogens is 2. The molecule has 0 bridgehead atoms. The summed E-state index contributed by atoms with van der Waals surface area (Å²) in [5.41, 5.74) is 4.48. The number of rotatable bonds is 3. The van der Waals surface area contributed by atoms with Gasteiger partial charge in [-0.2, -0.15) is 5.10 Å². The summed E-state index contributed by atoms with van der Waals surface area (Å²) in [6.45, 7) is 2.01. The van der Waals surface area contributed by atoms with Crippen molar-refractivity contribution in [1.29, 1.82) is 0 Å². The van der Waals surface area contributed by atoms with Crippen LogP contribution in [0.2, 0.25) is 15.1 Å². The lowest BCUT2D eigenvalue weighted by Crippen LogP contribution is -2.01. The Hall–Kier alpha value is -1.81. The first-order chi connectivity index (χ1) is 11.5. The predicted octanol–water partition coefficient (Wildman–Crippen LogP) is 5.86. The second-order valence-corrected chi connectivity index (χ2v) is 6.54. The molecule has 0 N–H and O–H groups in total. The fraction of sp³-hybridized carbons (Fsp3) is 0.111. The van der Waals surface area contributed by atoms with Gasteiger partial charge in [-0.1, -0.05) is 46.9 Å². The molecule has 0 aliphatic heterocycles. The van der Waals surface area contributed by atoms with Crippen LogP contribution in [-0.4, -0.2) is 23.0 Å². The highest BCUT2D eigenvalue weighted by Crippen LogP contribution is 2.32. The lowest BCUT2D eigenvalue weighted by Gasteiger charge is -2.11. The molecule has 0 amide bonds. The Morgan fingerprint density at radius 2 is 1.67 bits per heavy atom. The summed E-state index contributed by atoms with van der Waals surface area (Å²) in [5, 5.41) is 6.46. The molecule has 0 unspecified atom stereocenters. The number of nitrogens with zero attached hydrogens (tertiary/aromatic N) is 3. The van der Waals surface area contributed by atoms with Gasteiger partial charge < -0.3 is 0 Å². The van der Waals surface area contributed by atoms with Gasteiger partial charge in [-0.05, 0) is 37.3 Å². The van der Waals surface area contributed by atoms with Gasteiger partial charge in [-0.3, -0.25) is 4.99 Å². The zero-order valence-corrected chi connectivity index (χ0v) is 15.4. The summed E-state index contributed by atoms with van der Waals surface area (Å²) in [6.07, 6.45) is 1.73. The number of halogens is 3. The molecule has 0 saturated heterocycles. The molecule has 0 aliphatic rings. The third-order valence-electron chi connectivity index (χ3n) is 3.67. The van der Waals surface area contributed by atoms with Crippen LogP contribution < -0.4 is 0 Å². The largest absolute Gasteiger partial charge is 0.294 e. The molecule has 3 aromatic rings. The minimum absolute atomic E-state index is 0.528. The highest BCUT2D eigenvalue weighted by molar-refractivity contribution is 6.35. The van der Waals surface area contributed by atoms with E-state index in [1.807, 2.05) is 41.9 Å². The van der Waals surface area contributed by atoms with Crippen LogP contribution in [0.5, 0.6) is 0 Å². The Morgan fingerprint density at radius 1 is 1.00 bits per heavy atom. The normalized spacial score (nSPS) is 11.4. The smallest absolute Gasteiger partial charge is 0.107 e. The molecule has 0 fully saturated rings. The van der Waals surface area contributed by atoms with Crippen molar-refractivity contribution in [2.45, 2.75) is 6.92 Å². The van der Waals surface area contributed by atoms with Gasteiger partial charge in [0.15, 0.2) is 0 Å². The zero-order chi connectivity index (χ0) is 17.3. The molecule has 122 valence electrons. The summed E-state index contributed by atoms with van der Waals surface area (Å²) >= 11 is 18.4. The minimum Gasteiger partial charge on any atom is -0.294 e. The first-order valence-electron chi connectivity index (χ1n) is 7.24. The van der Waals surface area contributed by atoms with E-state index in [0.29, 0.717) is 15.1 Å². The molecule has 3 rings (SSSR count). The van der Waals surface area contributed by atoms with E-state index in [1.54, 1.807) is 25.4 Å². The van der Waals surface area contributed by atoms with Crippen molar-refractivity contribution >= 4 is 41.0 Å². The standard InChI is InChI=1S/C18H14Cl3N3/c1-11-16(10-22-2)23-24(17-8-7-14(20)9-15(17)21)18(11)12-3-5-13(19)6-4-12/h3-10H,1-2H3/b22-10+. The van der Waals surface area contributed by atoms with Gasteiger partial charge in [0.25, 0.3) is 0 Å². The van der Waals surface area contributed by atoms with Crippen LogP contribution in [-0.2, 0) is 0 Å². The maximum atomic E-state index is 6.39. The van der Waals surface area contributed by atoms with E-state index in [0.717, 1.165) is 28.2 Å². The number of hydrogen-bond donors (Lipinski definition) is 0. The van der Waals surface area contributed by atoms with Gasteiger partial charge in [0.1, 0.15) is 5.69 Å². The van der Waals surface area contributed by atoms with E-state index in [-0.39, 0.29) is 0 Å². The fourth-order valence-corrected chi connectivity index (χ4v) is 3.15. The molecule has 6 heteroatoms. The van der Waals surface area contributed by atoms with E-state index >= 15 is 0 Å². The van der Waals surface area contributed by atoms with Crippen LogP contribution in [0.3, 0.4) is 0 Å². The summed E-state index contributed by atoms with van der Waals surface area (Å²) in [7, 11) is 1.72. The monoisotopic (exact) mass is 377 g/mol. The number of hydrogen-bond acceptors (Lipinski definition) is 2. The van der Waals surface area contributed by atoms with Crippen molar-refractivity contribution in [2.24, 2.45) is 4.99 Å². The molecule has 0 saturated carbocycles. The molecule has 2 aromatic carbocycles. The van der Waals surface area contributed by atoms with Gasteiger partial charge >= 0.3 is 0 Å². The Labute approximate surface area is 155 Å². The second-order valence-electron chi connectivity index (χ2n) is 5.26. The van der Waals surface area contributed by atoms with E-state index in [1.165, 1.54) is 0 Å². The van der Waals surface area contributed by atoms with E-state index in [4.69, 9.17) is 34.8 Å². The predicted molar refractivity (Wildman–Crippen MR) is 102 cm³/mol. The van der Waals surface area contributed by atoms with Crippen molar-refractivity contribution in [1.82, 2.24) is 9.78 Å². The van der Waals surface area contributed by atoms with Crippen LogP contribution >= 0.6 is 34.8 Å². The molecule has 0 radical (unpaired) electrons. The van der Waals surface area contributed by atoms with Crippen molar-refractivity contribution in [2.75, 3.05) is 7.05 Å². The Bertz CT molecular complexity index is 912. The fourth-order valence-electron chi connectivity index (χ4n) is 2.53. The number of aliphatic imine (C=N–C) groups is 1. The van der Waals surface area contributed by atoms with Gasteiger partial charge in [0, 0.05) is 34.4 Å². The van der Waals surface area contributed by atoms with Crippen LogP contribution in [0, 0.1) is 6.92 Å². The maximum Gasteiger partial charge on any atom is 0.107 e. The van der Waals surface area contributed by atoms with E-state index in [9.17, 15) is 0 Å². The van der Waals surface area contributed by atoms with Gasteiger partial charge in [-0.15, -0.1) is 0 Å². The highest BCUT2D eigenvalue weighted by Gasteiger charge is 2.18. The lowest BCUT2D eigenvalue weighted by atomic mass is 10.1. The zero-order valence-electron chi connectivity index (χ0n) is 13.1. The Kier molecular flexibility index (Phi) is 4.95. The van der Waals surface area contributed by atoms with Crippen LogP contribution in [0.25, 0.3) is 16.9 Å². The molecule has 1 heterocycles. The average Bonchev–Trinajstić information content (AvgIpc) is 2.85. The average molecular weight is 379 g/mol. The molecule has 1 aromatic heterocycles. The van der Waals surface area contributed by atoms with Gasteiger partial charge in [0.2, 0.25) is 0 Å². The molecule has 0 spiro atoms. The van der Waals surface area contributed by atoms with Crippen molar-refractivity contribution in [3.05, 3.63) is 68.8 Å². The highest BCUT2D eigenvalue weighted by atomic mass is 35.5. The topological polar surface area (TPSA) is 30.2 Å². The van der Waals surface area contributed by atoms with Crippen molar-refractivity contribution in [3.63, 3.8) is 0 Å². The molecular weight excluding hydrogens is 365 g/mol. The lowest BCUT2D eigenvalue weighted by molar-refractivity contribution is 0.884. The van der Waals surface area contributed by atoms with Crippen LogP contribution in [0.15, 0.2) is 47.5 Å². The summed E-state index contributed by atoms with van der Waals surface area (Å²) in [5.74, 6) is 0. The SMILES string of the molecule is C/N=C/c1nn(-c2ccc(Cl)cc2Cl)c(-c2ccc(Cl)cc2)c1C. The first kappa shape index (κ1) is 17.0. The molecule has 0 aliphatic carbocycles. The minimum atomic E-state index is 0.528. The van der Waals surface area contributed by atoms with Crippen molar-refractivity contribution < 1.29 is 0 Å². The van der Waals surface area contributed by atoms with Gasteiger partial charge in [-0.25, -0.2) is 4.68 Å². The van der Waals surface area contributed by atoms with Crippen LogP contribution in [0.4, 0.5) is 0 Å². The van der Waals surface area contributed by atoms with E-state index in [2.05, 4.69) is 10.1 Å². The van der Waals surface area contributed by atoms with Crippen LogP contribution in [0.1, 0.15) is 11.3 Å². The molecule has 0 atom stereocenters. The molecule has 3 nitrogen and oxygen atoms in total. The molecular formula is C18H14Cl3N3. The van der Waals surface area contributed by atoms with Crippen molar-refractivity contribution in [3.8, 4) is 16.9 Å². The first-order valence-corrected chi connectivity index (χ1v) is 8.38. The third-order valence-corrected chi connectivity index (χ3v) is 4.46. The quantitative estimate of drug-likeness (QED) is 0.525. The number of benzene rings is 2. The Morgan fingerprint density at radius 3 is 2.29 bits per heavy atom. The summed E-state index contributed by atoms with van der Waals surface area (Å²) in [4.78, 5) is 4.08. The van der Waals surface area contributed by atoms with E-state index < -0.39 is 0 Å². The summed E-state index contributed by atoms with van der Waals surface area (Å²) < 4.78 is 1.81. The second kappa shape index (κ2) is 6.98.